The smallest absolute Gasteiger partial charge is 0.319 e. The van der Waals surface area contributed by atoms with Gasteiger partial charge in [0.25, 0.3) is 0 Å². The minimum Gasteiger partial charge on any atom is -0.383 e. The Morgan fingerprint density at radius 3 is 2.73 bits per heavy atom. The molecular weight excluding hydrogens is 194 g/mol. The van der Waals surface area contributed by atoms with Crippen molar-refractivity contribution in [3.8, 4) is 0 Å². The summed E-state index contributed by atoms with van der Waals surface area (Å²) < 4.78 is 5.11. The third kappa shape index (κ3) is 3.35. The van der Waals surface area contributed by atoms with Crippen LogP contribution in [-0.4, -0.2) is 68.8 Å². The van der Waals surface area contributed by atoms with Gasteiger partial charge in [0.15, 0.2) is 0 Å². The van der Waals surface area contributed by atoms with Crippen molar-refractivity contribution in [2.24, 2.45) is 0 Å². The first kappa shape index (κ1) is 12.3. The molecule has 1 N–H and O–H groups in total. The highest BCUT2D eigenvalue weighted by atomic mass is 16.5. The number of urea groups is 1. The van der Waals surface area contributed by atoms with E-state index in [9.17, 15) is 4.79 Å². The third-order valence-corrected chi connectivity index (χ3v) is 2.60. The second-order valence-electron chi connectivity index (χ2n) is 3.86. The molecule has 1 fully saturated rings. The second-order valence-corrected chi connectivity index (χ2v) is 3.86. The first-order chi connectivity index (χ1) is 7.19. The number of ether oxygens (including phenoxy) is 1. The van der Waals surface area contributed by atoms with Crippen molar-refractivity contribution in [1.82, 2.24) is 15.1 Å². The molecule has 1 rings (SSSR count). The second kappa shape index (κ2) is 5.92. The summed E-state index contributed by atoms with van der Waals surface area (Å²) in [7, 11) is 3.52. The first-order valence-electron chi connectivity index (χ1n) is 5.41. The van der Waals surface area contributed by atoms with Crippen LogP contribution in [0.4, 0.5) is 4.79 Å². The van der Waals surface area contributed by atoms with Crippen LogP contribution in [0, 0.1) is 0 Å². The molecule has 5 heteroatoms. The van der Waals surface area contributed by atoms with Crippen molar-refractivity contribution in [3.63, 3.8) is 0 Å². The van der Waals surface area contributed by atoms with Crippen LogP contribution < -0.4 is 5.32 Å². The van der Waals surface area contributed by atoms with Crippen LogP contribution in [0.15, 0.2) is 0 Å². The molecule has 1 atom stereocenters. The number of nitrogens with zero attached hydrogens (tertiary/aromatic N) is 2. The largest absolute Gasteiger partial charge is 0.383 e. The Hall–Kier alpha value is -0.810. The van der Waals surface area contributed by atoms with E-state index in [0.29, 0.717) is 6.61 Å². The Balaban J connectivity index is 2.40. The van der Waals surface area contributed by atoms with E-state index in [2.05, 4.69) is 12.2 Å². The van der Waals surface area contributed by atoms with Gasteiger partial charge in [-0.25, -0.2) is 4.79 Å². The highest BCUT2D eigenvalue weighted by molar-refractivity contribution is 5.76. The fourth-order valence-electron chi connectivity index (χ4n) is 1.80. The van der Waals surface area contributed by atoms with Gasteiger partial charge in [-0.15, -0.1) is 0 Å². The van der Waals surface area contributed by atoms with Crippen molar-refractivity contribution in [3.05, 3.63) is 0 Å². The lowest BCUT2D eigenvalue weighted by atomic mass is 10.3. The summed E-state index contributed by atoms with van der Waals surface area (Å²) in [5.41, 5.74) is 0. The van der Waals surface area contributed by atoms with Crippen molar-refractivity contribution in [1.29, 1.82) is 0 Å². The minimum atomic E-state index is 0.119. The van der Waals surface area contributed by atoms with E-state index in [1.54, 1.807) is 12.0 Å². The topological polar surface area (TPSA) is 44.8 Å². The summed E-state index contributed by atoms with van der Waals surface area (Å²) in [4.78, 5) is 15.2. The lowest BCUT2D eigenvalue weighted by Gasteiger charge is -2.23. The molecule has 0 aromatic rings. The molecule has 1 heterocycles. The quantitative estimate of drug-likeness (QED) is 0.677. The number of methoxy groups -OCH3 is 1. The predicted octanol–water partition coefficient (Wildman–Crippen LogP) is -0.0217. The average Bonchev–Trinajstić information content (AvgIpc) is 2.51. The van der Waals surface area contributed by atoms with Gasteiger partial charge in [0.05, 0.1) is 6.61 Å². The monoisotopic (exact) mass is 215 g/mol. The zero-order valence-corrected chi connectivity index (χ0v) is 9.82. The van der Waals surface area contributed by atoms with Gasteiger partial charge in [-0.1, -0.05) is 6.92 Å². The van der Waals surface area contributed by atoms with Crippen LogP contribution in [0.2, 0.25) is 0 Å². The zero-order valence-electron chi connectivity index (χ0n) is 9.82. The highest BCUT2D eigenvalue weighted by Gasteiger charge is 2.27. The molecule has 0 aromatic carbocycles. The molecule has 0 radical (unpaired) electrons. The van der Waals surface area contributed by atoms with Gasteiger partial charge >= 0.3 is 6.03 Å². The van der Waals surface area contributed by atoms with E-state index in [1.807, 2.05) is 11.9 Å². The van der Waals surface area contributed by atoms with Gasteiger partial charge < -0.3 is 19.9 Å². The summed E-state index contributed by atoms with van der Waals surface area (Å²) in [6.07, 6.45) is 0. The van der Waals surface area contributed by atoms with Crippen LogP contribution in [0.1, 0.15) is 6.92 Å². The molecule has 0 aliphatic carbocycles. The Morgan fingerprint density at radius 1 is 1.53 bits per heavy atom. The molecule has 1 unspecified atom stereocenters. The molecule has 88 valence electrons. The number of likely N-dealkylation sites (N-methyl/N-ethyl adjacent to an activating group) is 2. The van der Waals surface area contributed by atoms with E-state index in [4.69, 9.17) is 4.74 Å². The SMILES string of the molecule is CCNC(COC)CN1CCN(C)C1=O. The van der Waals surface area contributed by atoms with Gasteiger partial charge in [0.2, 0.25) is 0 Å². The first-order valence-corrected chi connectivity index (χ1v) is 5.41. The van der Waals surface area contributed by atoms with E-state index < -0.39 is 0 Å². The average molecular weight is 215 g/mol. The molecule has 0 aromatic heterocycles. The summed E-state index contributed by atoms with van der Waals surface area (Å²) in [6, 6.07) is 0.351. The molecular formula is C10H21N3O2. The number of amides is 2. The molecule has 0 spiro atoms. The lowest BCUT2D eigenvalue weighted by Crippen LogP contribution is -2.44. The summed E-state index contributed by atoms with van der Waals surface area (Å²) in [5.74, 6) is 0. The molecule has 5 nitrogen and oxygen atoms in total. The Labute approximate surface area is 91.4 Å². The maximum Gasteiger partial charge on any atom is 0.319 e. The van der Waals surface area contributed by atoms with Crippen LogP contribution in [0.5, 0.6) is 0 Å². The normalized spacial score (nSPS) is 18.7. The van der Waals surface area contributed by atoms with E-state index in [1.165, 1.54) is 0 Å². The van der Waals surface area contributed by atoms with Crippen molar-refractivity contribution < 1.29 is 9.53 Å². The molecule has 1 aliphatic rings. The maximum absolute atomic E-state index is 11.6. The Bertz CT molecular complexity index is 205. The van der Waals surface area contributed by atoms with Crippen molar-refractivity contribution >= 4 is 6.03 Å². The molecule has 0 bridgehead atoms. The van der Waals surface area contributed by atoms with E-state index in [0.717, 1.165) is 26.2 Å². The van der Waals surface area contributed by atoms with Crippen molar-refractivity contribution in [2.75, 3.05) is 46.9 Å². The van der Waals surface area contributed by atoms with Gasteiger partial charge in [-0.2, -0.15) is 0 Å². The molecule has 15 heavy (non-hydrogen) atoms. The fraction of sp³-hybridized carbons (Fsp3) is 0.900. The van der Waals surface area contributed by atoms with Crippen LogP contribution >= 0.6 is 0 Å². The highest BCUT2D eigenvalue weighted by Crippen LogP contribution is 2.06. The molecule has 0 saturated carbocycles. The standard InChI is InChI=1S/C10H21N3O2/c1-4-11-9(8-15-3)7-13-6-5-12(2)10(13)14/h9,11H,4-8H2,1-3H3. The Morgan fingerprint density at radius 2 is 2.27 bits per heavy atom. The van der Waals surface area contributed by atoms with E-state index >= 15 is 0 Å². The van der Waals surface area contributed by atoms with Gasteiger partial charge in [-0.3, -0.25) is 0 Å². The number of carbonyl (C=O) groups excluding carboxylic acids is 1. The summed E-state index contributed by atoms with van der Waals surface area (Å²) >= 11 is 0. The number of carbonyl (C=O) groups is 1. The van der Waals surface area contributed by atoms with Crippen molar-refractivity contribution in [2.45, 2.75) is 13.0 Å². The number of nitrogens with one attached hydrogen (secondary N) is 1. The minimum absolute atomic E-state index is 0.119. The van der Waals surface area contributed by atoms with Crippen LogP contribution in [-0.2, 0) is 4.74 Å². The van der Waals surface area contributed by atoms with E-state index in [-0.39, 0.29) is 12.1 Å². The molecule has 1 saturated heterocycles. The van der Waals surface area contributed by atoms with Gasteiger partial charge in [-0.05, 0) is 6.54 Å². The molecule has 2 amide bonds. The molecule has 1 aliphatic heterocycles. The third-order valence-electron chi connectivity index (χ3n) is 2.60. The summed E-state index contributed by atoms with van der Waals surface area (Å²) in [6.45, 7) is 5.96. The van der Waals surface area contributed by atoms with Crippen LogP contribution in [0.25, 0.3) is 0 Å². The number of hydrogen-bond donors (Lipinski definition) is 1. The number of hydrogen-bond acceptors (Lipinski definition) is 3. The summed E-state index contributed by atoms with van der Waals surface area (Å²) in [5, 5.41) is 3.31. The van der Waals surface area contributed by atoms with Gasteiger partial charge in [0.1, 0.15) is 0 Å². The Kier molecular flexibility index (Phi) is 4.84. The maximum atomic E-state index is 11.6. The lowest BCUT2D eigenvalue weighted by molar-refractivity contribution is 0.146. The number of rotatable bonds is 6. The predicted molar refractivity (Wildman–Crippen MR) is 58.9 cm³/mol. The fourth-order valence-corrected chi connectivity index (χ4v) is 1.80. The van der Waals surface area contributed by atoms with Crippen LogP contribution in [0.3, 0.4) is 0 Å². The van der Waals surface area contributed by atoms with Gasteiger partial charge in [0, 0.05) is 39.8 Å². The zero-order chi connectivity index (χ0) is 11.3.